The molecule has 3 aliphatic rings. The molecule has 95 heavy (non-hydrogen) atoms. The van der Waals surface area contributed by atoms with Gasteiger partial charge in [0.1, 0.15) is 18.3 Å². The molecule has 1 unspecified atom stereocenters. The maximum Gasteiger partial charge on any atom is 1.00 e. The average molecular weight is 1340 g/mol. The summed E-state index contributed by atoms with van der Waals surface area (Å²) in [5.41, 5.74) is 16.0. The average Bonchev–Trinajstić information content (AvgIpc) is 0.763. The summed E-state index contributed by atoms with van der Waals surface area (Å²) in [6.07, 6.45) is 38.8. The molecule has 4 rings (SSSR count). The molecule has 17 nitrogen and oxygen atoms in total. The summed E-state index contributed by atoms with van der Waals surface area (Å²) in [6.45, 7) is 28.5. The number of aromatic amines is 1. The van der Waals surface area contributed by atoms with E-state index >= 15 is 0 Å². The SMILES string of the molecule is COC1=C(OC)C(=O)C(C/C=C(\C)CC/C=C(\C)CC/C=C(\C)CC/C=C(\C)CC/C=C(\C)CC/C=C(\C)CC/C=C(\C)CC/C=C(\C)CC/C=C(\C)CCC=C(C)C)=C(C)C1=O.Cc1cc2nc3c(=O)[nH]c(=O)nc-3n(C[C@H](O)[C@H](O)[C@H](O)COP(=O)([O-])O)c2cc1C.[Na+]. The summed E-state index contributed by atoms with van der Waals surface area (Å²) in [7, 11) is -2.36. The summed E-state index contributed by atoms with van der Waals surface area (Å²) in [5, 5.41) is 30.5. The van der Waals surface area contributed by atoms with Crippen molar-refractivity contribution in [2.45, 2.75) is 244 Å². The molecule has 0 bridgehead atoms. The van der Waals surface area contributed by atoms with Crippen molar-refractivity contribution in [3.63, 3.8) is 0 Å². The summed E-state index contributed by atoms with van der Waals surface area (Å²) >= 11 is 0. The molecule has 0 aromatic heterocycles. The van der Waals surface area contributed by atoms with E-state index in [4.69, 9.17) is 14.4 Å². The molecule has 0 fully saturated rings. The van der Waals surface area contributed by atoms with E-state index in [0.717, 1.165) is 107 Å². The number of allylic oxidation sites excluding steroid dienone is 22. The number of benzene rings is 1. The van der Waals surface area contributed by atoms with Gasteiger partial charge >= 0.3 is 35.2 Å². The van der Waals surface area contributed by atoms with E-state index in [1.54, 1.807) is 19.1 Å². The number of aryl methyl sites for hydroxylation is 2. The first-order valence-electron chi connectivity index (χ1n) is 33.2. The standard InChI is InChI=1S/C59H90O4.C17H21N4O9P.Na/c1-44(2)24-15-25-45(3)26-16-27-46(4)28-17-29-47(5)30-18-31-48(6)32-19-33-49(7)34-20-35-50(8)36-21-37-51(9)38-22-39-52(10)40-23-41-53(11)42-43-55-54(12)56(60)58(62-13)59(63-14)57(55)61;1-7-3-9-10(4-8(7)2)21(15-13(18-9)16(25)20-17(26)19-15)5-11(22)14(24)12(23)6-30-31(27,28)29;/h24,26,28,30,32,34,36,38,40,42H,15-23,25,27,29,31,33,35,37,39,41,43H2,1-14H3;3-4,11-12,14,22-24H,5-6H2,1-2H3,(H,20,25,26)(H2,27,28,29);/q;;+1/p-1/b45-26+,46-28+,47-30+,48-32+,49-34+,50-36+,51-38+,52-40+,53-42+;;/t;11-,12+,14-;/m.0./s1. The van der Waals surface area contributed by atoms with Gasteiger partial charge in [0.2, 0.25) is 23.1 Å². The van der Waals surface area contributed by atoms with E-state index in [1.165, 1.54) is 93.8 Å². The predicted molar refractivity (Wildman–Crippen MR) is 379 cm³/mol. The van der Waals surface area contributed by atoms with Crippen LogP contribution < -0.4 is 45.7 Å². The number of hydrogen-bond donors (Lipinski definition) is 5. The number of phosphoric acid groups is 1. The van der Waals surface area contributed by atoms with Crippen molar-refractivity contribution < 1.29 is 82.8 Å². The number of carbonyl (C=O) groups is 2. The number of ketones is 2. The number of nitrogens with one attached hydrogen (secondary N) is 1. The van der Waals surface area contributed by atoms with Crippen molar-refractivity contribution in [2.24, 2.45) is 0 Å². The second-order valence-electron chi connectivity index (χ2n) is 25.7. The van der Waals surface area contributed by atoms with E-state index in [9.17, 15) is 44.0 Å². The Morgan fingerprint density at radius 1 is 0.547 bits per heavy atom. The number of carbonyl (C=O) groups excluding carboxylic acids is 2. The molecule has 0 radical (unpaired) electrons. The molecule has 2 aliphatic heterocycles. The first-order valence-corrected chi connectivity index (χ1v) is 34.6. The van der Waals surface area contributed by atoms with Gasteiger partial charge in [0.25, 0.3) is 13.4 Å². The van der Waals surface area contributed by atoms with Crippen LogP contribution in [0.4, 0.5) is 0 Å². The molecule has 1 aromatic carbocycles. The summed E-state index contributed by atoms with van der Waals surface area (Å²) < 4.78 is 26.3. The smallest absolute Gasteiger partial charge is 0.756 e. The minimum atomic E-state index is -5.14. The molecular formula is C76H110N4NaO13P. The molecule has 1 aliphatic carbocycles. The number of nitrogens with zero attached hydrogens (tertiary/aromatic N) is 3. The monoisotopic (exact) mass is 1340 g/mol. The number of aromatic nitrogens is 4. The molecule has 0 saturated carbocycles. The van der Waals surface area contributed by atoms with Crippen LogP contribution in [0.3, 0.4) is 0 Å². The van der Waals surface area contributed by atoms with Crippen LogP contribution in [0.2, 0.25) is 0 Å². The first kappa shape index (κ1) is 85.4. The fourth-order valence-electron chi connectivity index (χ4n) is 10.6. The molecule has 0 saturated heterocycles. The normalized spacial score (nSPS) is 16.0. The van der Waals surface area contributed by atoms with Crippen molar-refractivity contribution in [3.05, 3.63) is 183 Å². The Balaban J connectivity index is 0.000000795. The molecule has 2 heterocycles. The fourth-order valence-corrected chi connectivity index (χ4v) is 11.0. The number of hydrogen-bond acceptors (Lipinski definition) is 14. The van der Waals surface area contributed by atoms with Gasteiger partial charge in [-0.25, -0.2) is 9.78 Å². The second-order valence-corrected chi connectivity index (χ2v) is 26.9. The number of Topliss-reactive ketones (excluding diaryl/α,β-unsaturated/α-hetero) is 2. The van der Waals surface area contributed by atoms with Gasteiger partial charge in [0.15, 0.2) is 11.5 Å². The molecule has 0 spiro atoms. The van der Waals surface area contributed by atoms with Gasteiger partial charge in [-0.2, -0.15) is 4.98 Å². The minimum absolute atomic E-state index is 0. The van der Waals surface area contributed by atoms with Crippen LogP contribution in [-0.2, 0) is 34.7 Å². The van der Waals surface area contributed by atoms with Crippen LogP contribution in [0.5, 0.6) is 0 Å². The third-order valence-electron chi connectivity index (χ3n) is 16.9. The predicted octanol–water partition coefficient (Wildman–Crippen LogP) is 12.6. The molecule has 518 valence electrons. The quantitative estimate of drug-likeness (QED) is 0.0117. The number of ether oxygens (including phenoxy) is 2. The van der Waals surface area contributed by atoms with Crippen LogP contribution in [0, 0.1) is 13.8 Å². The molecule has 19 heteroatoms. The third kappa shape index (κ3) is 32.0. The Hall–Kier alpha value is -5.69. The minimum Gasteiger partial charge on any atom is -0.756 e. The van der Waals surface area contributed by atoms with Crippen LogP contribution in [0.15, 0.2) is 161 Å². The van der Waals surface area contributed by atoms with Gasteiger partial charge in [0, 0.05) is 11.1 Å². The van der Waals surface area contributed by atoms with Gasteiger partial charge in [-0.05, 0) is 242 Å². The van der Waals surface area contributed by atoms with Crippen LogP contribution in [-0.4, -0.2) is 90.4 Å². The van der Waals surface area contributed by atoms with Crippen molar-refractivity contribution in [2.75, 3.05) is 20.8 Å². The largest absolute Gasteiger partial charge is 1.00 e. The van der Waals surface area contributed by atoms with Crippen molar-refractivity contribution >= 4 is 30.4 Å². The molecule has 4 atom stereocenters. The molecular weight excluding hydrogens is 1230 g/mol. The van der Waals surface area contributed by atoms with E-state index in [-0.39, 0.29) is 64.2 Å². The van der Waals surface area contributed by atoms with E-state index < -0.39 is 50.5 Å². The zero-order valence-electron chi connectivity index (χ0n) is 60.3. The van der Waals surface area contributed by atoms with Crippen LogP contribution >= 0.6 is 7.82 Å². The summed E-state index contributed by atoms with van der Waals surface area (Å²) in [4.78, 5) is 78.8. The maximum absolute atomic E-state index is 12.9. The Morgan fingerprint density at radius 2 is 0.905 bits per heavy atom. The fraction of sp³-hybridized carbons (Fsp3) is 0.526. The van der Waals surface area contributed by atoms with Crippen LogP contribution in [0.1, 0.15) is 216 Å². The van der Waals surface area contributed by atoms with Gasteiger partial charge < -0.3 is 43.7 Å². The maximum atomic E-state index is 12.9. The molecule has 0 amide bonds. The van der Waals surface area contributed by atoms with E-state index in [1.807, 2.05) is 18.8 Å². The van der Waals surface area contributed by atoms with E-state index in [2.05, 4.69) is 151 Å². The van der Waals surface area contributed by atoms with Crippen LogP contribution in [0.25, 0.3) is 22.6 Å². The number of rotatable bonds is 38. The van der Waals surface area contributed by atoms with Gasteiger partial charge in [-0.15, -0.1) is 0 Å². The topological polar surface area (TPSA) is 264 Å². The third-order valence-corrected chi connectivity index (χ3v) is 17.4. The number of phosphoric ester groups is 1. The first-order chi connectivity index (χ1) is 44.3. The Labute approximate surface area is 588 Å². The number of aliphatic hydroxyl groups is 3. The number of fused-ring (bicyclic) bond motifs is 2. The van der Waals surface area contributed by atoms with Crippen molar-refractivity contribution in [1.82, 2.24) is 19.5 Å². The summed E-state index contributed by atoms with van der Waals surface area (Å²) in [6, 6.07) is 3.40. The summed E-state index contributed by atoms with van der Waals surface area (Å²) in [5.74, 6) is -0.724. The van der Waals surface area contributed by atoms with Crippen molar-refractivity contribution in [1.29, 1.82) is 0 Å². The number of methoxy groups -OCH3 is 2. The Kier molecular flexibility index (Phi) is 39.8. The van der Waals surface area contributed by atoms with E-state index in [0.29, 0.717) is 28.6 Å². The molecule has 5 N–H and O–H groups in total. The number of H-pyrrole nitrogens is 1. The zero-order valence-corrected chi connectivity index (χ0v) is 63.2. The number of aliphatic hydroxyl groups excluding tert-OH is 3. The van der Waals surface area contributed by atoms with Gasteiger partial charge in [-0.1, -0.05) is 116 Å². The Bertz CT molecular complexity index is 3570. The Morgan fingerprint density at radius 3 is 1.27 bits per heavy atom. The molecule has 1 aromatic rings. The van der Waals surface area contributed by atoms with Gasteiger partial charge in [0.05, 0.1) is 38.4 Å². The van der Waals surface area contributed by atoms with Gasteiger partial charge in [-0.3, -0.25) is 23.9 Å². The van der Waals surface area contributed by atoms with Crippen molar-refractivity contribution in [3.8, 4) is 11.5 Å². The second kappa shape index (κ2) is 44.3. The zero-order chi connectivity index (χ0) is 70.2.